The SMILES string of the molecule is COCCN(CCC#N)c1c(F)cccc1C(=O)O. The topological polar surface area (TPSA) is 73.6 Å². The highest BCUT2D eigenvalue weighted by Gasteiger charge is 2.19. The van der Waals surface area contributed by atoms with Gasteiger partial charge in [0.15, 0.2) is 0 Å². The van der Waals surface area contributed by atoms with Crippen molar-refractivity contribution < 1.29 is 19.0 Å². The van der Waals surface area contributed by atoms with Crippen LogP contribution in [0.25, 0.3) is 0 Å². The summed E-state index contributed by atoms with van der Waals surface area (Å²) < 4.78 is 18.8. The van der Waals surface area contributed by atoms with Gasteiger partial charge in [-0.2, -0.15) is 5.26 Å². The number of aromatic carboxylic acids is 1. The lowest BCUT2D eigenvalue weighted by molar-refractivity contribution is 0.0697. The summed E-state index contributed by atoms with van der Waals surface area (Å²) in [6.45, 7) is 0.888. The normalized spacial score (nSPS) is 9.95. The van der Waals surface area contributed by atoms with Gasteiger partial charge in [-0.25, -0.2) is 9.18 Å². The molecule has 1 rings (SSSR count). The van der Waals surface area contributed by atoms with E-state index >= 15 is 0 Å². The fourth-order valence-electron chi connectivity index (χ4n) is 1.73. The zero-order valence-electron chi connectivity index (χ0n) is 10.6. The Morgan fingerprint density at radius 3 is 2.84 bits per heavy atom. The molecule has 19 heavy (non-hydrogen) atoms. The van der Waals surface area contributed by atoms with Gasteiger partial charge in [0.2, 0.25) is 0 Å². The predicted molar refractivity (Wildman–Crippen MR) is 67.7 cm³/mol. The van der Waals surface area contributed by atoms with Gasteiger partial charge < -0.3 is 14.7 Å². The first-order valence-corrected chi connectivity index (χ1v) is 5.74. The average molecular weight is 266 g/mol. The summed E-state index contributed by atoms with van der Waals surface area (Å²) in [7, 11) is 1.50. The first kappa shape index (κ1) is 14.9. The molecule has 0 spiro atoms. The van der Waals surface area contributed by atoms with Gasteiger partial charge in [0, 0.05) is 20.2 Å². The predicted octanol–water partition coefficient (Wildman–Crippen LogP) is 1.89. The van der Waals surface area contributed by atoms with E-state index in [9.17, 15) is 9.18 Å². The maximum atomic E-state index is 13.9. The molecule has 6 heteroatoms. The molecule has 0 heterocycles. The molecule has 1 N–H and O–H groups in total. The van der Waals surface area contributed by atoms with Crippen molar-refractivity contribution in [3.8, 4) is 6.07 Å². The maximum absolute atomic E-state index is 13.9. The number of carboxylic acids is 1. The van der Waals surface area contributed by atoms with Crippen molar-refractivity contribution in [2.45, 2.75) is 6.42 Å². The van der Waals surface area contributed by atoms with Gasteiger partial charge in [-0.15, -0.1) is 0 Å². The smallest absolute Gasteiger partial charge is 0.337 e. The number of methoxy groups -OCH3 is 1. The molecule has 0 bridgehead atoms. The number of hydrogen-bond donors (Lipinski definition) is 1. The number of carboxylic acid groups (broad SMARTS) is 1. The van der Waals surface area contributed by atoms with Crippen LogP contribution >= 0.6 is 0 Å². The largest absolute Gasteiger partial charge is 0.478 e. The Kier molecular flexibility index (Phi) is 5.76. The summed E-state index contributed by atoms with van der Waals surface area (Å²) in [5.74, 6) is -1.82. The summed E-state index contributed by atoms with van der Waals surface area (Å²) in [6, 6.07) is 5.85. The minimum Gasteiger partial charge on any atom is -0.478 e. The van der Waals surface area contributed by atoms with Crippen LogP contribution in [0, 0.1) is 17.1 Å². The van der Waals surface area contributed by atoms with Crippen molar-refractivity contribution in [3.05, 3.63) is 29.6 Å². The van der Waals surface area contributed by atoms with Crippen molar-refractivity contribution in [1.82, 2.24) is 0 Å². The van der Waals surface area contributed by atoms with Crippen molar-refractivity contribution >= 4 is 11.7 Å². The maximum Gasteiger partial charge on any atom is 0.337 e. The van der Waals surface area contributed by atoms with E-state index in [1.165, 1.54) is 30.2 Å². The molecule has 1 aromatic carbocycles. The molecular weight excluding hydrogens is 251 g/mol. The van der Waals surface area contributed by atoms with Crippen LogP contribution < -0.4 is 4.90 Å². The van der Waals surface area contributed by atoms with E-state index in [0.717, 1.165) is 0 Å². The van der Waals surface area contributed by atoms with Gasteiger partial charge in [-0.3, -0.25) is 0 Å². The van der Waals surface area contributed by atoms with E-state index in [1.54, 1.807) is 0 Å². The number of benzene rings is 1. The standard InChI is InChI=1S/C13H15FN2O3/c1-19-9-8-16(7-3-6-15)12-10(13(17)18)4-2-5-11(12)14/h2,4-5H,3,7-9H2,1H3,(H,17,18). The second-order valence-electron chi connectivity index (χ2n) is 3.83. The van der Waals surface area contributed by atoms with Crippen LogP contribution in [-0.2, 0) is 4.74 Å². The molecule has 0 saturated heterocycles. The Bertz CT molecular complexity index is 485. The lowest BCUT2D eigenvalue weighted by Gasteiger charge is -2.25. The Labute approximate surface area is 110 Å². The van der Waals surface area contributed by atoms with Crippen molar-refractivity contribution in [2.24, 2.45) is 0 Å². The number of ether oxygens (including phenoxy) is 1. The fraction of sp³-hybridized carbons (Fsp3) is 0.385. The highest BCUT2D eigenvalue weighted by molar-refractivity contribution is 5.94. The highest BCUT2D eigenvalue weighted by Crippen LogP contribution is 2.24. The quantitative estimate of drug-likeness (QED) is 0.815. The molecule has 102 valence electrons. The van der Waals surface area contributed by atoms with Crippen molar-refractivity contribution in [2.75, 3.05) is 31.7 Å². The highest BCUT2D eigenvalue weighted by atomic mass is 19.1. The minimum absolute atomic E-state index is 0.00213. The van der Waals surface area contributed by atoms with E-state index < -0.39 is 11.8 Å². The van der Waals surface area contributed by atoms with Gasteiger partial charge >= 0.3 is 5.97 Å². The third kappa shape index (κ3) is 3.93. The molecule has 0 radical (unpaired) electrons. The minimum atomic E-state index is -1.20. The van der Waals surface area contributed by atoms with E-state index in [2.05, 4.69) is 0 Å². The summed E-state index contributed by atoms with van der Waals surface area (Å²) in [5, 5.41) is 17.7. The number of nitrogens with zero attached hydrogens (tertiary/aromatic N) is 2. The van der Waals surface area contributed by atoms with Gasteiger partial charge in [0.05, 0.1) is 30.3 Å². The zero-order chi connectivity index (χ0) is 14.3. The molecule has 0 aliphatic heterocycles. The first-order chi connectivity index (χ1) is 9.11. The number of carbonyl (C=O) groups is 1. The van der Waals surface area contributed by atoms with Gasteiger partial charge in [0.1, 0.15) is 5.82 Å². The number of para-hydroxylation sites is 1. The lowest BCUT2D eigenvalue weighted by Crippen LogP contribution is -2.30. The Hall–Kier alpha value is -2.13. The Morgan fingerprint density at radius 1 is 1.53 bits per heavy atom. The molecule has 5 nitrogen and oxygen atoms in total. The van der Waals surface area contributed by atoms with Crippen molar-refractivity contribution in [3.63, 3.8) is 0 Å². The molecule has 0 unspecified atom stereocenters. The second-order valence-corrected chi connectivity index (χ2v) is 3.83. The molecule has 0 aliphatic carbocycles. The van der Waals surface area contributed by atoms with Crippen LogP contribution in [0.15, 0.2) is 18.2 Å². The van der Waals surface area contributed by atoms with Crippen LogP contribution in [0.4, 0.5) is 10.1 Å². The Morgan fingerprint density at radius 2 is 2.26 bits per heavy atom. The van der Waals surface area contributed by atoms with E-state index in [1.807, 2.05) is 6.07 Å². The average Bonchev–Trinajstić information content (AvgIpc) is 2.39. The van der Waals surface area contributed by atoms with E-state index in [4.69, 9.17) is 15.1 Å². The molecule has 0 atom stereocenters. The van der Waals surface area contributed by atoms with Crippen LogP contribution in [-0.4, -0.2) is 37.9 Å². The van der Waals surface area contributed by atoms with E-state index in [-0.39, 0.29) is 24.2 Å². The number of anilines is 1. The van der Waals surface area contributed by atoms with E-state index in [0.29, 0.717) is 13.2 Å². The second kappa shape index (κ2) is 7.34. The molecule has 0 aliphatic rings. The molecule has 0 saturated carbocycles. The number of hydrogen-bond acceptors (Lipinski definition) is 4. The monoisotopic (exact) mass is 266 g/mol. The third-order valence-electron chi connectivity index (χ3n) is 2.59. The summed E-state index contributed by atoms with van der Waals surface area (Å²) in [5.41, 5.74) is -0.114. The van der Waals surface area contributed by atoms with Crippen LogP contribution in [0.3, 0.4) is 0 Å². The molecule has 0 aromatic heterocycles. The number of halogens is 1. The molecule has 1 aromatic rings. The van der Waals surface area contributed by atoms with Gasteiger partial charge in [0.25, 0.3) is 0 Å². The van der Waals surface area contributed by atoms with Gasteiger partial charge in [-0.1, -0.05) is 6.07 Å². The van der Waals surface area contributed by atoms with Gasteiger partial charge in [-0.05, 0) is 12.1 Å². The molecular formula is C13H15FN2O3. The van der Waals surface area contributed by atoms with Crippen molar-refractivity contribution in [1.29, 1.82) is 5.26 Å². The molecule has 0 amide bonds. The van der Waals surface area contributed by atoms with Crippen LogP contribution in [0.1, 0.15) is 16.8 Å². The number of rotatable bonds is 7. The lowest BCUT2D eigenvalue weighted by atomic mass is 10.1. The summed E-state index contributed by atoms with van der Waals surface area (Å²) in [4.78, 5) is 12.7. The van der Waals surface area contributed by atoms with Crippen LogP contribution in [0.5, 0.6) is 0 Å². The first-order valence-electron chi connectivity index (χ1n) is 5.74. The third-order valence-corrected chi connectivity index (χ3v) is 2.59. The summed E-state index contributed by atoms with van der Waals surface area (Å²) in [6.07, 6.45) is 0.178. The molecule has 0 fully saturated rings. The Balaban J connectivity index is 3.12. The summed E-state index contributed by atoms with van der Waals surface area (Å²) >= 11 is 0. The van der Waals surface area contributed by atoms with Crippen LogP contribution in [0.2, 0.25) is 0 Å². The fourth-order valence-corrected chi connectivity index (χ4v) is 1.73. The zero-order valence-corrected chi connectivity index (χ0v) is 10.6. The number of nitriles is 1.